The van der Waals surface area contributed by atoms with Gasteiger partial charge in [-0.15, -0.1) is 0 Å². The molecule has 1 fully saturated rings. The second-order valence-electron chi connectivity index (χ2n) is 8.30. The van der Waals surface area contributed by atoms with E-state index in [1.807, 2.05) is 60.7 Å². The van der Waals surface area contributed by atoms with E-state index in [-0.39, 0.29) is 5.91 Å². The molecule has 1 amide bonds. The fourth-order valence-electron chi connectivity index (χ4n) is 4.07. The molecule has 0 atom stereocenters. The average Bonchev–Trinajstić information content (AvgIpc) is 2.85. The zero-order chi connectivity index (χ0) is 22.2. The van der Waals surface area contributed by atoms with Gasteiger partial charge in [-0.2, -0.15) is 0 Å². The van der Waals surface area contributed by atoms with Gasteiger partial charge >= 0.3 is 0 Å². The Hall–Kier alpha value is -3.31. The molecule has 3 aromatic rings. The maximum absolute atomic E-state index is 12.7. The summed E-state index contributed by atoms with van der Waals surface area (Å²) in [5, 5.41) is 3.00. The van der Waals surface area contributed by atoms with Gasteiger partial charge in [0, 0.05) is 16.8 Å². The first kappa shape index (κ1) is 21.9. The first-order valence-corrected chi connectivity index (χ1v) is 11.3. The lowest BCUT2D eigenvalue weighted by Crippen LogP contribution is -3.11. The summed E-state index contributed by atoms with van der Waals surface area (Å²) in [7, 11) is 1.64. The van der Waals surface area contributed by atoms with Gasteiger partial charge in [0.2, 0.25) is 0 Å². The topological polar surface area (TPSA) is 52.0 Å². The molecule has 0 unspecified atom stereocenters. The Labute approximate surface area is 190 Å². The van der Waals surface area contributed by atoms with Gasteiger partial charge in [-0.05, 0) is 73.4 Å². The van der Waals surface area contributed by atoms with Crippen LogP contribution in [0.5, 0.6) is 11.5 Å². The molecule has 2 N–H and O–H groups in total. The van der Waals surface area contributed by atoms with E-state index < -0.39 is 0 Å². The number of nitrogens with one attached hydrogen (secondary N) is 2. The van der Waals surface area contributed by atoms with Crippen molar-refractivity contribution in [2.24, 2.45) is 0 Å². The molecular weight excluding hydrogens is 400 g/mol. The first-order valence-electron chi connectivity index (χ1n) is 11.3. The van der Waals surface area contributed by atoms with Crippen molar-refractivity contribution in [1.82, 2.24) is 0 Å². The molecular formula is C27H31N2O3+. The number of hydrogen-bond acceptors (Lipinski definition) is 3. The van der Waals surface area contributed by atoms with Crippen LogP contribution in [0.4, 0.5) is 5.69 Å². The van der Waals surface area contributed by atoms with Gasteiger partial charge in [0.25, 0.3) is 5.91 Å². The third-order valence-electron chi connectivity index (χ3n) is 5.88. The Kier molecular flexibility index (Phi) is 7.41. The summed E-state index contributed by atoms with van der Waals surface area (Å²) in [6.45, 7) is 3.97. The quantitative estimate of drug-likeness (QED) is 0.565. The molecule has 0 saturated carbocycles. The molecule has 1 aliphatic heterocycles. The molecule has 0 aliphatic carbocycles. The van der Waals surface area contributed by atoms with Crippen LogP contribution in [0.3, 0.4) is 0 Å². The minimum absolute atomic E-state index is 0.120. The third kappa shape index (κ3) is 6.11. The van der Waals surface area contributed by atoms with Gasteiger partial charge in [0.05, 0.1) is 20.2 Å². The maximum atomic E-state index is 12.7. The van der Waals surface area contributed by atoms with Crippen LogP contribution in [0.1, 0.15) is 40.7 Å². The lowest BCUT2D eigenvalue weighted by molar-refractivity contribution is -0.918. The van der Waals surface area contributed by atoms with Crippen molar-refractivity contribution >= 4 is 11.6 Å². The van der Waals surface area contributed by atoms with Gasteiger partial charge in [0.1, 0.15) is 24.7 Å². The highest BCUT2D eigenvalue weighted by Crippen LogP contribution is 2.19. The molecule has 4 rings (SSSR count). The van der Waals surface area contributed by atoms with Crippen LogP contribution in [-0.2, 0) is 13.2 Å². The molecule has 5 heteroatoms. The monoisotopic (exact) mass is 431 g/mol. The summed E-state index contributed by atoms with van der Waals surface area (Å²) in [6.07, 6.45) is 4.02. The lowest BCUT2D eigenvalue weighted by atomic mass is 10.1. The minimum Gasteiger partial charge on any atom is -0.497 e. The zero-order valence-corrected chi connectivity index (χ0v) is 18.6. The second kappa shape index (κ2) is 10.8. The molecule has 3 aromatic carbocycles. The van der Waals surface area contributed by atoms with Crippen molar-refractivity contribution in [3.8, 4) is 11.5 Å². The van der Waals surface area contributed by atoms with E-state index in [1.165, 1.54) is 37.9 Å². The predicted molar refractivity (Wildman–Crippen MR) is 126 cm³/mol. The maximum Gasteiger partial charge on any atom is 0.255 e. The molecule has 0 spiro atoms. The molecule has 1 aliphatic rings. The third-order valence-corrected chi connectivity index (χ3v) is 5.88. The molecule has 0 bridgehead atoms. The molecule has 5 nitrogen and oxygen atoms in total. The van der Waals surface area contributed by atoms with Gasteiger partial charge in [-0.1, -0.05) is 24.3 Å². The van der Waals surface area contributed by atoms with Crippen molar-refractivity contribution in [3.63, 3.8) is 0 Å². The predicted octanol–water partition coefficient (Wildman–Crippen LogP) is 4.10. The number of methoxy groups -OCH3 is 1. The Morgan fingerprint density at radius 2 is 1.59 bits per heavy atom. The van der Waals surface area contributed by atoms with E-state index in [0.717, 1.165) is 29.3 Å². The molecule has 0 aromatic heterocycles. The SMILES string of the molecule is COc1ccc(OCc2cccc(C(=O)Nc3ccc(C[NH+]4CCCCC4)cc3)c2)cc1. The standard InChI is InChI=1S/C27H30N2O3/c1-31-25-12-14-26(15-13-25)32-20-22-6-5-7-23(18-22)27(30)28-24-10-8-21(9-11-24)19-29-16-3-2-4-17-29/h5-15,18H,2-4,16-17,19-20H2,1H3,(H,28,30)/p+1. The zero-order valence-electron chi connectivity index (χ0n) is 18.6. The van der Waals surface area contributed by atoms with Crippen LogP contribution in [0.15, 0.2) is 72.8 Å². The second-order valence-corrected chi connectivity index (χ2v) is 8.30. The highest BCUT2D eigenvalue weighted by molar-refractivity contribution is 6.04. The minimum atomic E-state index is -0.120. The number of anilines is 1. The number of rotatable bonds is 8. The van der Waals surface area contributed by atoms with E-state index in [9.17, 15) is 4.79 Å². The Morgan fingerprint density at radius 1 is 0.875 bits per heavy atom. The molecule has 166 valence electrons. The largest absolute Gasteiger partial charge is 0.497 e. The summed E-state index contributed by atoms with van der Waals surface area (Å²) in [4.78, 5) is 14.4. The molecule has 0 radical (unpaired) electrons. The summed E-state index contributed by atoms with van der Waals surface area (Å²) in [6, 6.07) is 23.2. The van der Waals surface area contributed by atoms with E-state index in [4.69, 9.17) is 9.47 Å². The molecule has 1 saturated heterocycles. The Balaban J connectivity index is 1.31. The van der Waals surface area contributed by atoms with E-state index in [0.29, 0.717) is 12.2 Å². The molecule has 1 heterocycles. The average molecular weight is 432 g/mol. The van der Waals surface area contributed by atoms with E-state index in [2.05, 4.69) is 17.4 Å². The highest BCUT2D eigenvalue weighted by Gasteiger charge is 2.14. The number of carbonyl (C=O) groups excluding carboxylic acids is 1. The number of carbonyl (C=O) groups is 1. The number of benzene rings is 3. The summed E-state index contributed by atoms with van der Waals surface area (Å²) >= 11 is 0. The van der Waals surface area contributed by atoms with Crippen LogP contribution in [0.2, 0.25) is 0 Å². The van der Waals surface area contributed by atoms with Gasteiger partial charge in [-0.3, -0.25) is 4.79 Å². The van der Waals surface area contributed by atoms with Crippen LogP contribution in [0, 0.1) is 0 Å². The number of piperidine rings is 1. The normalized spacial score (nSPS) is 14.0. The fraction of sp³-hybridized carbons (Fsp3) is 0.296. The van der Waals surface area contributed by atoms with Crippen molar-refractivity contribution in [2.45, 2.75) is 32.4 Å². The number of hydrogen-bond donors (Lipinski definition) is 2. The van der Waals surface area contributed by atoms with Crippen molar-refractivity contribution in [1.29, 1.82) is 0 Å². The number of ether oxygens (including phenoxy) is 2. The van der Waals surface area contributed by atoms with Crippen molar-refractivity contribution < 1.29 is 19.2 Å². The van der Waals surface area contributed by atoms with Crippen LogP contribution in [-0.4, -0.2) is 26.1 Å². The number of likely N-dealkylation sites (tertiary alicyclic amines) is 1. The van der Waals surface area contributed by atoms with Crippen LogP contribution >= 0.6 is 0 Å². The van der Waals surface area contributed by atoms with Gasteiger partial charge < -0.3 is 19.7 Å². The highest BCUT2D eigenvalue weighted by atomic mass is 16.5. The summed E-state index contributed by atoms with van der Waals surface area (Å²) in [5.74, 6) is 1.43. The summed E-state index contributed by atoms with van der Waals surface area (Å²) in [5.41, 5.74) is 3.68. The number of quaternary nitrogens is 1. The number of amides is 1. The van der Waals surface area contributed by atoms with Gasteiger partial charge in [-0.25, -0.2) is 0 Å². The summed E-state index contributed by atoms with van der Waals surface area (Å²) < 4.78 is 11.0. The Bertz CT molecular complexity index is 1010. The lowest BCUT2D eigenvalue weighted by Gasteiger charge is -2.23. The van der Waals surface area contributed by atoms with Crippen LogP contribution < -0.4 is 19.7 Å². The van der Waals surface area contributed by atoms with Crippen molar-refractivity contribution in [2.75, 3.05) is 25.5 Å². The molecule has 32 heavy (non-hydrogen) atoms. The Morgan fingerprint density at radius 3 is 2.31 bits per heavy atom. The first-order chi connectivity index (χ1) is 15.7. The van der Waals surface area contributed by atoms with Gasteiger partial charge in [0.15, 0.2) is 0 Å². The van der Waals surface area contributed by atoms with E-state index >= 15 is 0 Å². The van der Waals surface area contributed by atoms with E-state index in [1.54, 1.807) is 12.0 Å². The van der Waals surface area contributed by atoms with Crippen molar-refractivity contribution in [3.05, 3.63) is 89.5 Å². The smallest absolute Gasteiger partial charge is 0.255 e. The van der Waals surface area contributed by atoms with Crippen LogP contribution in [0.25, 0.3) is 0 Å². The fourth-order valence-corrected chi connectivity index (χ4v) is 4.07.